The average Bonchev–Trinajstić information content (AvgIpc) is 2.81. The first kappa shape index (κ1) is 12.6. The number of phenolic OH excluding ortho intramolecular Hbond substituents is 1. The molecule has 0 saturated carbocycles. The molecule has 20 heavy (non-hydrogen) atoms. The molecule has 0 spiro atoms. The highest BCUT2D eigenvalue weighted by Crippen LogP contribution is 2.31. The average molecular weight is 285 g/mol. The molecule has 0 bridgehead atoms. The zero-order valence-electron chi connectivity index (χ0n) is 10.4. The molecule has 0 fully saturated rings. The third-order valence-corrected chi connectivity index (χ3v) is 3.88. The van der Waals surface area contributed by atoms with Gasteiger partial charge in [-0.15, -0.1) is 11.3 Å². The lowest BCUT2D eigenvalue weighted by Gasteiger charge is -1.99. The number of amides is 1. The van der Waals surface area contributed by atoms with Crippen LogP contribution >= 0.6 is 11.3 Å². The smallest absolute Gasteiger partial charge is 0.221 e. The number of rotatable bonds is 3. The van der Waals surface area contributed by atoms with Gasteiger partial charge < -0.3 is 10.8 Å². The number of phenols is 1. The fourth-order valence-corrected chi connectivity index (χ4v) is 2.87. The van der Waals surface area contributed by atoms with Crippen LogP contribution in [0.3, 0.4) is 0 Å². The van der Waals surface area contributed by atoms with Crippen LogP contribution in [0.2, 0.25) is 0 Å². The van der Waals surface area contributed by atoms with E-state index in [0.29, 0.717) is 0 Å². The summed E-state index contributed by atoms with van der Waals surface area (Å²) in [5.41, 5.74) is 7.52. The lowest BCUT2D eigenvalue weighted by Crippen LogP contribution is -2.13. The Hall–Kier alpha value is -2.47. The first-order chi connectivity index (χ1) is 9.61. The van der Waals surface area contributed by atoms with E-state index in [2.05, 4.69) is 9.97 Å². The number of carbonyl (C=O) groups is 1. The second-order valence-electron chi connectivity index (χ2n) is 4.40. The van der Waals surface area contributed by atoms with Crippen LogP contribution < -0.4 is 5.73 Å². The molecule has 0 unspecified atom stereocenters. The Morgan fingerprint density at radius 3 is 2.95 bits per heavy atom. The highest BCUT2D eigenvalue weighted by atomic mass is 32.1. The third-order valence-electron chi connectivity index (χ3n) is 2.79. The van der Waals surface area contributed by atoms with E-state index in [1.165, 1.54) is 11.3 Å². The summed E-state index contributed by atoms with van der Waals surface area (Å²) in [6.07, 6.45) is 3.47. The van der Waals surface area contributed by atoms with Crippen LogP contribution in [0.25, 0.3) is 20.8 Å². The van der Waals surface area contributed by atoms with Crippen LogP contribution in [-0.4, -0.2) is 21.0 Å². The van der Waals surface area contributed by atoms with E-state index in [9.17, 15) is 9.90 Å². The highest BCUT2D eigenvalue weighted by Gasteiger charge is 2.09. The van der Waals surface area contributed by atoms with E-state index in [1.54, 1.807) is 24.5 Å². The Bertz CT molecular complexity index is 798. The van der Waals surface area contributed by atoms with E-state index in [0.717, 1.165) is 26.4 Å². The maximum absolute atomic E-state index is 10.9. The zero-order chi connectivity index (χ0) is 14.1. The number of aromatic nitrogens is 2. The number of hydrogen-bond acceptors (Lipinski definition) is 5. The number of nitrogens with two attached hydrogens (primary N) is 1. The van der Waals surface area contributed by atoms with Crippen molar-refractivity contribution in [1.82, 2.24) is 9.97 Å². The van der Waals surface area contributed by atoms with Crippen molar-refractivity contribution in [2.45, 2.75) is 6.42 Å². The van der Waals surface area contributed by atoms with Gasteiger partial charge in [-0.1, -0.05) is 0 Å². The van der Waals surface area contributed by atoms with Crippen LogP contribution in [0.15, 0.2) is 36.7 Å². The Balaban J connectivity index is 2.03. The van der Waals surface area contributed by atoms with Crippen LogP contribution in [0.4, 0.5) is 0 Å². The minimum absolute atomic E-state index is 0.159. The molecule has 0 aliphatic carbocycles. The number of pyridine rings is 1. The van der Waals surface area contributed by atoms with Gasteiger partial charge in [-0.05, 0) is 23.8 Å². The van der Waals surface area contributed by atoms with Crippen molar-refractivity contribution in [3.8, 4) is 16.3 Å². The molecule has 0 radical (unpaired) electrons. The lowest BCUT2D eigenvalue weighted by molar-refractivity contribution is -0.117. The SMILES string of the molecule is NC(=O)Cc1cncc(-c2nc3cc(O)ccc3s2)c1. The molecule has 2 aromatic heterocycles. The van der Waals surface area contributed by atoms with Crippen molar-refractivity contribution in [2.24, 2.45) is 5.73 Å². The minimum Gasteiger partial charge on any atom is -0.508 e. The van der Waals surface area contributed by atoms with Crippen molar-refractivity contribution in [3.05, 3.63) is 42.2 Å². The molecule has 2 heterocycles. The summed E-state index contributed by atoms with van der Waals surface area (Å²) in [6.45, 7) is 0. The standard InChI is InChI=1S/C14H11N3O2S/c15-13(19)4-8-3-9(7-16-6-8)14-17-11-5-10(18)1-2-12(11)20-14/h1-3,5-7,18H,4H2,(H2,15,19). The van der Waals surface area contributed by atoms with Gasteiger partial charge in [0.1, 0.15) is 10.8 Å². The fourth-order valence-electron chi connectivity index (χ4n) is 1.94. The van der Waals surface area contributed by atoms with E-state index >= 15 is 0 Å². The zero-order valence-corrected chi connectivity index (χ0v) is 11.2. The minimum atomic E-state index is -0.391. The van der Waals surface area contributed by atoms with Crippen LogP contribution in [0.1, 0.15) is 5.56 Å². The summed E-state index contributed by atoms with van der Waals surface area (Å²) in [5.74, 6) is -0.201. The Morgan fingerprint density at radius 2 is 2.15 bits per heavy atom. The molecular formula is C14H11N3O2S. The van der Waals surface area contributed by atoms with Gasteiger partial charge >= 0.3 is 0 Å². The van der Waals surface area contributed by atoms with Gasteiger partial charge in [-0.25, -0.2) is 4.98 Å². The number of aromatic hydroxyl groups is 1. The topological polar surface area (TPSA) is 89.1 Å². The number of thiazole rings is 1. The second-order valence-corrected chi connectivity index (χ2v) is 5.43. The van der Waals surface area contributed by atoms with Crippen molar-refractivity contribution in [3.63, 3.8) is 0 Å². The van der Waals surface area contributed by atoms with Crippen molar-refractivity contribution >= 4 is 27.5 Å². The third kappa shape index (κ3) is 2.46. The first-order valence-electron chi connectivity index (χ1n) is 5.94. The summed E-state index contributed by atoms with van der Waals surface area (Å²) in [6, 6.07) is 6.93. The molecule has 3 rings (SSSR count). The van der Waals surface area contributed by atoms with Crippen molar-refractivity contribution in [1.29, 1.82) is 0 Å². The molecule has 100 valence electrons. The van der Waals surface area contributed by atoms with Gasteiger partial charge in [0.25, 0.3) is 0 Å². The first-order valence-corrected chi connectivity index (χ1v) is 6.75. The molecule has 3 aromatic rings. The number of hydrogen-bond donors (Lipinski definition) is 2. The summed E-state index contributed by atoms with van der Waals surface area (Å²) in [5, 5.41) is 10.2. The number of nitrogens with zero attached hydrogens (tertiary/aromatic N) is 2. The van der Waals surface area contributed by atoms with Crippen molar-refractivity contribution < 1.29 is 9.90 Å². The maximum Gasteiger partial charge on any atom is 0.221 e. The van der Waals surface area contributed by atoms with Crippen LogP contribution in [0.5, 0.6) is 5.75 Å². The summed E-state index contributed by atoms with van der Waals surface area (Å²) in [7, 11) is 0. The number of carbonyl (C=O) groups excluding carboxylic acids is 1. The van der Waals surface area contributed by atoms with Gasteiger partial charge in [0.05, 0.1) is 16.6 Å². The molecule has 0 aliphatic rings. The summed E-state index contributed by atoms with van der Waals surface area (Å²) in [4.78, 5) is 19.5. The van der Waals surface area contributed by atoms with E-state index < -0.39 is 5.91 Å². The predicted molar refractivity (Wildman–Crippen MR) is 77.4 cm³/mol. The quantitative estimate of drug-likeness (QED) is 0.771. The van der Waals surface area contributed by atoms with Gasteiger partial charge in [0.2, 0.25) is 5.91 Å². The number of primary amides is 1. The van der Waals surface area contributed by atoms with Gasteiger partial charge in [-0.3, -0.25) is 9.78 Å². The normalized spacial score (nSPS) is 10.8. The summed E-state index contributed by atoms with van der Waals surface area (Å²) < 4.78 is 0.984. The fraction of sp³-hybridized carbons (Fsp3) is 0.0714. The van der Waals surface area contributed by atoms with E-state index in [4.69, 9.17) is 5.73 Å². The monoisotopic (exact) mass is 285 g/mol. The predicted octanol–water partition coefficient (Wildman–Crippen LogP) is 2.09. The Labute approximate surface area is 118 Å². The number of fused-ring (bicyclic) bond motifs is 1. The van der Waals surface area contributed by atoms with Crippen LogP contribution in [-0.2, 0) is 11.2 Å². The van der Waals surface area contributed by atoms with Gasteiger partial charge in [-0.2, -0.15) is 0 Å². The van der Waals surface area contributed by atoms with E-state index in [1.807, 2.05) is 12.1 Å². The largest absolute Gasteiger partial charge is 0.508 e. The molecule has 5 nitrogen and oxygen atoms in total. The molecule has 3 N–H and O–H groups in total. The molecule has 0 atom stereocenters. The molecule has 1 aromatic carbocycles. The maximum atomic E-state index is 10.9. The molecule has 0 saturated heterocycles. The number of benzene rings is 1. The molecule has 6 heteroatoms. The highest BCUT2D eigenvalue weighted by molar-refractivity contribution is 7.21. The van der Waals surface area contributed by atoms with Crippen LogP contribution in [0, 0.1) is 0 Å². The Kier molecular flexibility index (Phi) is 3.08. The lowest BCUT2D eigenvalue weighted by atomic mass is 10.1. The van der Waals surface area contributed by atoms with Gasteiger partial charge in [0.15, 0.2) is 0 Å². The van der Waals surface area contributed by atoms with E-state index in [-0.39, 0.29) is 12.2 Å². The summed E-state index contributed by atoms with van der Waals surface area (Å²) >= 11 is 1.51. The second kappa shape index (κ2) is 4.90. The molecule has 1 amide bonds. The van der Waals surface area contributed by atoms with Gasteiger partial charge in [0, 0.05) is 24.0 Å². The molecule has 0 aliphatic heterocycles. The Morgan fingerprint density at radius 1 is 1.30 bits per heavy atom. The molecular weight excluding hydrogens is 274 g/mol. The van der Waals surface area contributed by atoms with Crippen molar-refractivity contribution in [2.75, 3.05) is 0 Å².